The highest BCUT2D eigenvalue weighted by molar-refractivity contribution is 5.81. The Kier molecular flexibility index (Phi) is 6.84. The Morgan fingerprint density at radius 2 is 2.05 bits per heavy atom. The van der Waals surface area contributed by atoms with E-state index in [0.717, 1.165) is 32.1 Å². The summed E-state index contributed by atoms with van der Waals surface area (Å²) in [7, 11) is 0. The number of aliphatic carboxylic acids is 1. The molecule has 0 radical (unpaired) electrons. The first-order chi connectivity index (χ1) is 9.00. The Morgan fingerprint density at radius 1 is 1.32 bits per heavy atom. The van der Waals surface area contributed by atoms with Gasteiger partial charge in [-0.25, -0.2) is 0 Å². The van der Waals surface area contributed by atoms with Crippen LogP contribution in [0.5, 0.6) is 0 Å². The molecule has 0 bridgehead atoms. The molecule has 0 saturated carbocycles. The van der Waals surface area contributed by atoms with Gasteiger partial charge in [-0.05, 0) is 39.0 Å². The van der Waals surface area contributed by atoms with Gasteiger partial charge in [-0.2, -0.15) is 0 Å². The molecule has 0 aromatic heterocycles. The van der Waals surface area contributed by atoms with Crippen LogP contribution in [0.2, 0.25) is 0 Å². The zero-order valence-electron chi connectivity index (χ0n) is 11.9. The third-order valence-corrected chi connectivity index (χ3v) is 3.56. The molecule has 1 amide bonds. The quantitative estimate of drug-likeness (QED) is 0.742. The molecule has 0 aliphatic carbocycles. The monoisotopic (exact) mass is 271 g/mol. The topological polar surface area (TPSA) is 75.6 Å². The van der Waals surface area contributed by atoms with Gasteiger partial charge in [0.2, 0.25) is 5.91 Å². The first kappa shape index (κ1) is 16.0. The van der Waals surface area contributed by atoms with Crippen LogP contribution in [-0.4, -0.2) is 35.7 Å². The summed E-state index contributed by atoms with van der Waals surface area (Å²) >= 11 is 0. The first-order valence-electron chi connectivity index (χ1n) is 7.15. The first-order valence-corrected chi connectivity index (χ1v) is 7.15. The summed E-state index contributed by atoms with van der Waals surface area (Å²) in [6, 6.07) is 0.0685. The Hall–Kier alpha value is -1.10. The molecule has 1 aliphatic heterocycles. The molecule has 3 unspecified atom stereocenters. The van der Waals surface area contributed by atoms with Crippen molar-refractivity contribution in [3.8, 4) is 0 Å². The van der Waals surface area contributed by atoms with Gasteiger partial charge in [-0.1, -0.05) is 13.3 Å². The van der Waals surface area contributed by atoms with Crippen molar-refractivity contribution in [2.24, 2.45) is 5.92 Å². The van der Waals surface area contributed by atoms with Gasteiger partial charge in [0.1, 0.15) is 6.10 Å². The van der Waals surface area contributed by atoms with E-state index in [1.54, 1.807) is 6.92 Å². The van der Waals surface area contributed by atoms with Gasteiger partial charge in [0.25, 0.3) is 0 Å². The van der Waals surface area contributed by atoms with Crippen molar-refractivity contribution in [1.29, 1.82) is 0 Å². The van der Waals surface area contributed by atoms with E-state index in [-0.39, 0.29) is 24.0 Å². The van der Waals surface area contributed by atoms with Crippen molar-refractivity contribution in [3.63, 3.8) is 0 Å². The van der Waals surface area contributed by atoms with Crippen LogP contribution in [0.25, 0.3) is 0 Å². The second-order valence-corrected chi connectivity index (χ2v) is 5.44. The Morgan fingerprint density at radius 3 is 2.63 bits per heavy atom. The standard InChI is InChI=1S/C14H25NO4/c1-10(14(17)18)6-5-7-11(2)15-13(16)12-8-3-4-9-19-12/h10-12H,3-9H2,1-2H3,(H,15,16)(H,17,18). The number of carbonyl (C=O) groups is 2. The third kappa shape index (κ3) is 6.05. The molecule has 1 fully saturated rings. The van der Waals surface area contributed by atoms with E-state index in [9.17, 15) is 9.59 Å². The van der Waals surface area contributed by atoms with Crippen LogP contribution in [0.1, 0.15) is 52.4 Å². The molecule has 5 heteroatoms. The molecule has 0 aromatic carbocycles. The number of carbonyl (C=O) groups excluding carboxylic acids is 1. The average Bonchev–Trinajstić information content (AvgIpc) is 2.39. The fraction of sp³-hybridized carbons (Fsp3) is 0.857. The highest BCUT2D eigenvalue weighted by Crippen LogP contribution is 2.14. The lowest BCUT2D eigenvalue weighted by atomic mass is 10.0. The molecule has 1 aliphatic rings. The number of carboxylic acid groups (broad SMARTS) is 1. The van der Waals surface area contributed by atoms with E-state index in [1.807, 2.05) is 6.92 Å². The van der Waals surface area contributed by atoms with Gasteiger partial charge in [0.15, 0.2) is 0 Å². The average molecular weight is 271 g/mol. The van der Waals surface area contributed by atoms with Crippen LogP contribution >= 0.6 is 0 Å². The third-order valence-electron chi connectivity index (χ3n) is 3.56. The van der Waals surface area contributed by atoms with E-state index in [4.69, 9.17) is 9.84 Å². The number of carboxylic acids is 1. The minimum Gasteiger partial charge on any atom is -0.481 e. The number of amides is 1. The van der Waals surface area contributed by atoms with Gasteiger partial charge in [0, 0.05) is 12.6 Å². The van der Waals surface area contributed by atoms with E-state index < -0.39 is 5.97 Å². The Balaban J connectivity index is 2.17. The van der Waals surface area contributed by atoms with Crippen molar-refractivity contribution >= 4 is 11.9 Å². The lowest BCUT2D eigenvalue weighted by Gasteiger charge is -2.24. The maximum atomic E-state index is 11.9. The lowest BCUT2D eigenvalue weighted by molar-refractivity contribution is -0.141. The Bertz CT molecular complexity index is 300. The second-order valence-electron chi connectivity index (χ2n) is 5.44. The summed E-state index contributed by atoms with van der Waals surface area (Å²) in [5, 5.41) is 11.7. The second kappa shape index (κ2) is 8.15. The van der Waals surface area contributed by atoms with Crippen LogP contribution in [0.4, 0.5) is 0 Å². The molecule has 0 spiro atoms. The van der Waals surface area contributed by atoms with Gasteiger partial charge in [-0.15, -0.1) is 0 Å². The predicted octanol–water partition coefficient (Wildman–Crippen LogP) is 1.95. The molecule has 0 aromatic rings. The summed E-state index contributed by atoms with van der Waals surface area (Å²) in [4.78, 5) is 22.6. The number of nitrogens with one attached hydrogen (secondary N) is 1. The zero-order valence-corrected chi connectivity index (χ0v) is 11.9. The lowest BCUT2D eigenvalue weighted by Crippen LogP contribution is -2.42. The molecule has 1 rings (SSSR count). The molecule has 2 N–H and O–H groups in total. The number of rotatable bonds is 7. The van der Waals surface area contributed by atoms with Gasteiger partial charge >= 0.3 is 5.97 Å². The molecule has 3 atom stereocenters. The fourth-order valence-corrected chi connectivity index (χ4v) is 2.21. The summed E-state index contributed by atoms with van der Waals surface area (Å²) in [6.45, 7) is 4.33. The molecule has 5 nitrogen and oxygen atoms in total. The van der Waals surface area contributed by atoms with Crippen molar-refractivity contribution in [2.75, 3.05) is 6.61 Å². The normalized spacial score (nSPS) is 22.5. The number of hydrogen-bond donors (Lipinski definition) is 2. The van der Waals surface area contributed by atoms with Gasteiger partial charge < -0.3 is 15.2 Å². The highest BCUT2D eigenvalue weighted by Gasteiger charge is 2.22. The van der Waals surface area contributed by atoms with Gasteiger partial charge in [0.05, 0.1) is 5.92 Å². The summed E-state index contributed by atoms with van der Waals surface area (Å²) in [5.74, 6) is -1.10. The molecular formula is C14H25NO4. The summed E-state index contributed by atoms with van der Waals surface area (Å²) in [6.07, 6.45) is 4.84. The van der Waals surface area contributed by atoms with Crippen molar-refractivity contribution < 1.29 is 19.4 Å². The van der Waals surface area contributed by atoms with Crippen LogP contribution < -0.4 is 5.32 Å². The molecule has 110 valence electrons. The number of ether oxygens (including phenoxy) is 1. The van der Waals surface area contributed by atoms with Crippen LogP contribution in [0.15, 0.2) is 0 Å². The van der Waals surface area contributed by atoms with Crippen molar-refractivity contribution in [3.05, 3.63) is 0 Å². The molecule has 19 heavy (non-hydrogen) atoms. The van der Waals surface area contributed by atoms with Crippen LogP contribution in [0, 0.1) is 5.92 Å². The predicted molar refractivity (Wildman–Crippen MR) is 71.8 cm³/mol. The van der Waals surface area contributed by atoms with Crippen LogP contribution in [0.3, 0.4) is 0 Å². The van der Waals surface area contributed by atoms with E-state index >= 15 is 0 Å². The molecule has 1 saturated heterocycles. The molecular weight excluding hydrogens is 246 g/mol. The fourth-order valence-electron chi connectivity index (χ4n) is 2.21. The minimum absolute atomic E-state index is 0.0292. The Labute approximate surface area is 114 Å². The van der Waals surface area contributed by atoms with E-state index in [2.05, 4.69) is 5.32 Å². The maximum Gasteiger partial charge on any atom is 0.306 e. The van der Waals surface area contributed by atoms with Crippen molar-refractivity contribution in [2.45, 2.75) is 64.5 Å². The highest BCUT2D eigenvalue weighted by atomic mass is 16.5. The number of hydrogen-bond acceptors (Lipinski definition) is 3. The van der Waals surface area contributed by atoms with E-state index in [0.29, 0.717) is 13.0 Å². The zero-order chi connectivity index (χ0) is 14.3. The summed E-state index contributed by atoms with van der Waals surface area (Å²) < 4.78 is 5.43. The van der Waals surface area contributed by atoms with Gasteiger partial charge in [-0.3, -0.25) is 9.59 Å². The van der Waals surface area contributed by atoms with Crippen molar-refractivity contribution in [1.82, 2.24) is 5.32 Å². The summed E-state index contributed by atoms with van der Waals surface area (Å²) in [5.41, 5.74) is 0. The minimum atomic E-state index is -0.757. The smallest absolute Gasteiger partial charge is 0.306 e. The van der Waals surface area contributed by atoms with E-state index in [1.165, 1.54) is 0 Å². The molecule has 1 heterocycles. The largest absolute Gasteiger partial charge is 0.481 e. The SMILES string of the molecule is CC(CCCC(C)C(=O)O)NC(=O)C1CCCCO1. The van der Waals surface area contributed by atoms with Crippen LogP contribution in [-0.2, 0) is 14.3 Å². The maximum absolute atomic E-state index is 11.9.